The van der Waals surface area contributed by atoms with Gasteiger partial charge < -0.3 is 10.6 Å². The van der Waals surface area contributed by atoms with Crippen molar-refractivity contribution in [1.82, 2.24) is 20.1 Å². The minimum absolute atomic E-state index is 0.213. The van der Waals surface area contributed by atoms with Crippen LogP contribution in [-0.4, -0.2) is 33.0 Å². The Bertz CT molecular complexity index is 555. The molecule has 0 fully saturated rings. The van der Waals surface area contributed by atoms with Gasteiger partial charge in [0.05, 0.1) is 16.8 Å². The van der Waals surface area contributed by atoms with E-state index in [9.17, 15) is 4.79 Å². The van der Waals surface area contributed by atoms with E-state index < -0.39 is 0 Å². The number of carbonyl (C=O) groups is 1. The van der Waals surface area contributed by atoms with Crippen LogP contribution in [0.25, 0.3) is 0 Å². The summed E-state index contributed by atoms with van der Waals surface area (Å²) in [6, 6.07) is 1.47. The molecular weight excluding hydrogens is 254 g/mol. The molecule has 0 aliphatic carbocycles. The standard InChI is InChI=1S/C11H12ClN5O/c1-17(6-7-3-15-16-4-7)11(18)8-2-10(13)14-5-9(8)12/h2-5H,6H2,1H3,(H2,13,14)(H,15,16). The number of anilines is 1. The molecule has 2 aromatic heterocycles. The van der Waals surface area contributed by atoms with Crippen molar-refractivity contribution < 1.29 is 4.79 Å². The lowest BCUT2D eigenvalue weighted by atomic mass is 10.2. The number of aromatic nitrogens is 3. The minimum Gasteiger partial charge on any atom is -0.384 e. The highest BCUT2D eigenvalue weighted by Crippen LogP contribution is 2.18. The smallest absolute Gasteiger partial charge is 0.255 e. The molecule has 0 unspecified atom stereocenters. The minimum atomic E-state index is -0.213. The van der Waals surface area contributed by atoms with Crippen LogP contribution in [-0.2, 0) is 6.54 Å². The Morgan fingerprint density at radius 3 is 3.00 bits per heavy atom. The Balaban J connectivity index is 2.17. The number of hydrogen-bond donors (Lipinski definition) is 2. The van der Waals surface area contributed by atoms with Crippen LogP contribution < -0.4 is 5.73 Å². The van der Waals surface area contributed by atoms with Crippen LogP contribution in [0.2, 0.25) is 5.02 Å². The highest BCUT2D eigenvalue weighted by Gasteiger charge is 2.16. The Kier molecular flexibility index (Phi) is 3.47. The number of aromatic amines is 1. The van der Waals surface area contributed by atoms with Gasteiger partial charge in [0, 0.05) is 31.5 Å². The highest BCUT2D eigenvalue weighted by atomic mass is 35.5. The van der Waals surface area contributed by atoms with Gasteiger partial charge in [-0.1, -0.05) is 11.6 Å². The summed E-state index contributed by atoms with van der Waals surface area (Å²) in [6.07, 6.45) is 4.76. The van der Waals surface area contributed by atoms with Crippen molar-refractivity contribution in [1.29, 1.82) is 0 Å². The molecule has 94 valence electrons. The molecule has 0 radical (unpaired) electrons. The van der Waals surface area contributed by atoms with E-state index in [2.05, 4.69) is 15.2 Å². The third kappa shape index (κ3) is 2.60. The molecule has 6 nitrogen and oxygen atoms in total. The summed E-state index contributed by atoms with van der Waals surface area (Å²) >= 11 is 5.93. The van der Waals surface area contributed by atoms with E-state index >= 15 is 0 Å². The van der Waals surface area contributed by atoms with Crippen LogP contribution in [0, 0.1) is 0 Å². The quantitative estimate of drug-likeness (QED) is 0.876. The first-order chi connectivity index (χ1) is 8.58. The fraction of sp³-hybridized carbons (Fsp3) is 0.182. The summed E-state index contributed by atoms with van der Waals surface area (Å²) in [5.74, 6) is 0.0507. The molecule has 0 aliphatic heterocycles. The summed E-state index contributed by atoms with van der Waals surface area (Å²) < 4.78 is 0. The van der Waals surface area contributed by atoms with Gasteiger partial charge in [0.25, 0.3) is 5.91 Å². The van der Waals surface area contributed by atoms with Crippen LogP contribution in [0.5, 0.6) is 0 Å². The first-order valence-corrected chi connectivity index (χ1v) is 5.60. The van der Waals surface area contributed by atoms with E-state index in [1.807, 2.05) is 0 Å². The Hall–Kier alpha value is -2.08. The van der Waals surface area contributed by atoms with Crippen LogP contribution in [0.4, 0.5) is 5.82 Å². The SMILES string of the molecule is CN(Cc1cn[nH]c1)C(=O)c1cc(N)ncc1Cl. The van der Waals surface area contributed by atoms with E-state index in [1.54, 1.807) is 19.4 Å². The van der Waals surface area contributed by atoms with Gasteiger partial charge in [0.15, 0.2) is 0 Å². The van der Waals surface area contributed by atoms with Crippen molar-refractivity contribution in [3.8, 4) is 0 Å². The summed E-state index contributed by atoms with van der Waals surface area (Å²) in [6.45, 7) is 0.438. The van der Waals surface area contributed by atoms with E-state index in [-0.39, 0.29) is 16.7 Å². The number of nitrogens with two attached hydrogens (primary N) is 1. The van der Waals surface area contributed by atoms with Crippen molar-refractivity contribution in [2.24, 2.45) is 0 Å². The fourth-order valence-electron chi connectivity index (χ4n) is 1.53. The number of hydrogen-bond acceptors (Lipinski definition) is 4. The third-order valence-corrected chi connectivity index (χ3v) is 2.73. The van der Waals surface area contributed by atoms with Crippen LogP contribution >= 0.6 is 11.6 Å². The van der Waals surface area contributed by atoms with Crippen molar-refractivity contribution >= 4 is 23.3 Å². The Labute approximate surface area is 109 Å². The van der Waals surface area contributed by atoms with Gasteiger partial charge >= 0.3 is 0 Å². The number of amides is 1. The van der Waals surface area contributed by atoms with Crippen molar-refractivity contribution in [3.05, 3.63) is 40.8 Å². The second-order valence-electron chi connectivity index (χ2n) is 3.86. The lowest BCUT2D eigenvalue weighted by Crippen LogP contribution is -2.26. The van der Waals surface area contributed by atoms with Crippen molar-refractivity contribution in [3.63, 3.8) is 0 Å². The molecule has 2 heterocycles. The molecule has 7 heteroatoms. The topological polar surface area (TPSA) is 87.9 Å². The summed E-state index contributed by atoms with van der Waals surface area (Å²) in [4.78, 5) is 17.5. The largest absolute Gasteiger partial charge is 0.384 e. The molecule has 0 aliphatic rings. The lowest BCUT2D eigenvalue weighted by Gasteiger charge is -2.17. The van der Waals surface area contributed by atoms with Crippen LogP contribution in [0.15, 0.2) is 24.7 Å². The van der Waals surface area contributed by atoms with Gasteiger partial charge in [-0.15, -0.1) is 0 Å². The molecule has 0 saturated carbocycles. The first kappa shape index (κ1) is 12.4. The Morgan fingerprint density at radius 1 is 1.56 bits per heavy atom. The van der Waals surface area contributed by atoms with E-state index in [0.29, 0.717) is 12.1 Å². The van der Waals surface area contributed by atoms with Crippen molar-refractivity contribution in [2.45, 2.75) is 6.54 Å². The first-order valence-electron chi connectivity index (χ1n) is 5.22. The van der Waals surface area contributed by atoms with Crippen molar-refractivity contribution in [2.75, 3.05) is 12.8 Å². The highest BCUT2D eigenvalue weighted by molar-refractivity contribution is 6.33. The van der Waals surface area contributed by atoms with Crippen LogP contribution in [0.3, 0.4) is 0 Å². The molecule has 18 heavy (non-hydrogen) atoms. The van der Waals surface area contributed by atoms with Gasteiger partial charge in [-0.3, -0.25) is 9.89 Å². The predicted octanol–water partition coefficient (Wildman–Crippen LogP) is 1.31. The molecule has 2 aromatic rings. The molecule has 2 rings (SSSR count). The maximum atomic E-state index is 12.2. The zero-order valence-electron chi connectivity index (χ0n) is 9.72. The van der Waals surface area contributed by atoms with Gasteiger partial charge in [-0.25, -0.2) is 4.98 Å². The Morgan fingerprint density at radius 2 is 2.33 bits per heavy atom. The summed E-state index contributed by atoms with van der Waals surface area (Å²) in [7, 11) is 1.68. The average molecular weight is 266 g/mol. The molecule has 0 spiro atoms. The summed E-state index contributed by atoms with van der Waals surface area (Å²) in [5, 5.41) is 6.80. The van der Waals surface area contributed by atoms with E-state index in [1.165, 1.54) is 17.2 Å². The molecule has 0 bridgehead atoms. The number of nitrogens with one attached hydrogen (secondary N) is 1. The number of nitrogen functional groups attached to an aromatic ring is 1. The molecule has 1 amide bonds. The van der Waals surface area contributed by atoms with Gasteiger partial charge in [0.1, 0.15) is 5.82 Å². The van der Waals surface area contributed by atoms with Crippen LogP contribution in [0.1, 0.15) is 15.9 Å². The second kappa shape index (κ2) is 5.05. The lowest BCUT2D eigenvalue weighted by molar-refractivity contribution is 0.0785. The van der Waals surface area contributed by atoms with Gasteiger partial charge in [0.2, 0.25) is 0 Å². The zero-order valence-corrected chi connectivity index (χ0v) is 10.5. The molecule has 3 N–H and O–H groups in total. The average Bonchev–Trinajstić information content (AvgIpc) is 2.84. The number of pyridine rings is 1. The zero-order chi connectivity index (χ0) is 13.1. The predicted molar refractivity (Wildman–Crippen MR) is 68.0 cm³/mol. The number of nitrogens with zero attached hydrogens (tertiary/aromatic N) is 3. The third-order valence-electron chi connectivity index (χ3n) is 2.43. The molecule has 0 saturated heterocycles. The van der Waals surface area contributed by atoms with E-state index in [4.69, 9.17) is 17.3 Å². The molecule has 0 atom stereocenters. The number of rotatable bonds is 3. The fourth-order valence-corrected chi connectivity index (χ4v) is 1.72. The number of halogens is 1. The van der Waals surface area contributed by atoms with Gasteiger partial charge in [-0.05, 0) is 6.07 Å². The maximum absolute atomic E-state index is 12.2. The molecular formula is C11H12ClN5O. The maximum Gasteiger partial charge on any atom is 0.255 e. The second-order valence-corrected chi connectivity index (χ2v) is 4.26. The molecule has 0 aromatic carbocycles. The number of H-pyrrole nitrogens is 1. The summed E-state index contributed by atoms with van der Waals surface area (Å²) in [5.41, 5.74) is 6.80. The number of carbonyl (C=O) groups excluding carboxylic acids is 1. The van der Waals surface area contributed by atoms with E-state index in [0.717, 1.165) is 5.56 Å². The normalized spacial score (nSPS) is 10.3. The van der Waals surface area contributed by atoms with Gasteiger partial charge in [-0.2, -0.15) is 5.10 Å². The monoisotopic (exact) mass is 265 g/mol.